The summed E-state index contributed by atoms with van der Waals surface area (Å²) >= 11 is 0. The number of rotatable bonds is 2. The average molecular weight is 358 g/mol. The molecule has 11 heteroatoms. The van der Waals surface area contributed by atoms with Gasteiger partial charge in [-0.2, -0.15) is 0 Å². The molecule has 0 fully saturated rings. The molecule has 0 unspecified atom stereocenters. The minimum atomic E-state index is -5.68. The Morgan fingerprint density at radius 1 is 0.909 bits per heavy atom. The van der Waals surface area contributed by atoms with Crippen molar-refractivity contribution in [1.82, 2.24) is 0 Å². The molecule has 0 rings (SSSR count). The molecule has 11 heavy (non-hydrogen) atoms. The summed E-state index contributed by atoms with van der Waals surface area (Å²) in [5, 5.41) is 0. The van der Waals surface area contributed by atoms with Crippen LogP contribution >= 0.6 is 15.6 Å². The monoisotopic (exact) mass is 358 g/mol. The third-order valence-corrected chi connectivity index (χ3v) is 1.80. The summed E-state index contributed by atoms with van der Waals surface area (Å²) in [4.78, 5) is 37.3. The third-order valence-electron chi connectivity index (χ3n) is 0.200. The van der Waals surface area contributed by atoms with Crippen molar-refractivity contribution in [3.63, 3.8) is 0 Å². The Balaban J connectivity index is -0.000000320. The van der Waals surface area contributed by atoms with Gasteiger partial charge in [-0.05, 0) is 0 Å². The van der Waals surface area contributed by atoms with Crippen LogP contribution in [0.25, 0.3) is 0 Å². The van der Waals surface area contributed by atoms with Gasteiger partial charge in [-0.25, -0.2) is 0 Å². The summed E-state index contributed by atoms with van der Waals surface area (Å²) in [6.45, 7) is 0. The van der Waals surface area contributed by atoms with Gasteiger partial charge in [-0.15, -0.1) is 0 Å². The van der Waals surface area contributed by atoms with E-state index in [1.807, 2.05) is 0 Å². The van der Waals surface area contributed by atoms with E-state index >= 15 is 0 Å². The van der Waals surface area contributed by atoms with Crippen molar-refractivity contribution in [3.05, 3.63) is 0 Å². The first-order valence-electron chi connectivity index (χ1n) is 1.46. The van der Waals surface area contributed by atoms with Gasteiger partial charge in [0.05, 0.1) is 15.6 Å². The zero-order valence-electron chi connectivity index (χ0n) is 4.96. The Morgan fingerprint density at radius 2 is 1.09 bits per heavy atom. The van der Waals surface area contributed by atoms with Crippen molar-refractivity contribution >= 4 is 39.6 Å². The topological polar surface area (TPSA) is 136 Å². The molecule has 0 saturated carbocycles. The molecular weight excluding hydrogens is 358 g/mol. The standard InChI is InChI=1S/H4O7P2.Sn.Zn/c1-8(2,3)7-9(4,5)6;;/h(H2,1,2,3)(H2,4,5,6);;/q;+4;+2/p-4. The van der Waals surface area contributed by atoms with E-state index in [-0.39, 0.29) is 43.4 Å². The van der Waals surface area contributed by atoms with Crippen LogP contribution in [0.2, 0.25) is 0 Å². The zero-order valence-corrected chi connectivity index (χ0v) is 12.6. The van der Waals surface area contributed by atoms with E-state index in [0.717, 1.165) is 0 Å². The molecule has 0 amide bonds. The number of phosphoric acid groups is 2. The molecule has 0 aromatic carbocycles. The molecule has 0 atom stereocenters. The van der Waals surface area contributed by atoms with E-state index in [0.29, 0.717) is 0 Å². The second-order valence-electron chi connectivity index (χ2n) is 0.976. The van der Waals surface area contributed by atoms with Gasteiger partial charge in [-0.1, -0.05) is 0 Å². The Kier molecular flexibility index (Phi) is 10.4. The second kappa shape index (κ2) is 6.18. The summed E-state index contributed by atoms with van der Waals surface area (Å²) in [7, 11) is -11.4. The van der Waals surface area contributed by atoms with E-state index in [4.69, 9.17) is 0 Å². The first-order chi connectivity index (χ1) is 3.71. The Morgan fingerprint density at radius 3 is 1.09 bits per heavy atom. The van der Waals surface area contributed by atoms with Crippen molar-refractivity contribution in [2.75, 3.05) is 0 Å². The summed E-state index contributed by atoms with van der Waals surface area (Å²) < 4.78 is 21.2. The fourth-order valence-corrected chi connectivity index (χ4v) is 1.10. The molecular formula is O7P2SnZn+2. The molecule has 0 bridgehead atoms. The fraction of sp³-hybridized carbons (Fsp3) is 0. The minimum Gasteiger partial charge on any atom is -0.790 e. The maximum Gasteiger partial charge on any atom is 4.00 e. The van der Waals surface area contributed by atoms with Crippen molar-refractivity contribution in [2.24, 2.45) is 0 Å². The molecule has 0 saturated heterocycles. The van der Waals surface area contributed by atoms with Gasteiger partial charge in [0.2, 0.25) is 0 Å². The van der Waals surface area contributed by atoms with Crippen LogP contribution in [0.3, 0.4) is 0 Å². The Hall–Kier alpha value is 1.68. The van der Waals surface area contributed by atoms with Crippen LogP contribution in [0.5, 0.6) is 0 Å². The van der Waals surface area contributed by atoms with Crippen molar-refractivity contribution in [3.8, 4) is 0 Å². The van der Waals surface area contributed by atoms with E-state index in [1.165, 1.54) is 0 Å². The van der Waals surface area contributed by atoms with Gasteiger partial charge < -0.3 is 33.0 Å². The van der Waals surface area contributed by atoms with Gasteiger partial charge in [-0.3, -0.25) is 0 Å². The summed E-state index contributed by atoms with van der Waals surface area (Å²) in [6, 6.07) is 0. The minimum absolute atomic E-state index is 0. The molecule has 0 spiro atoms. The van der Waals surface area contributed by atoms with Crippen molar-refractivity contribution < 1.29 is 52.5 Å². The van der Waals surface area contributed by atoms with Crippen LogP contribution < -0.4 is 19.6 Å². The third kappa shape index (κ3) is 18.6. The quantitative estimate of drug-likeness (QED) is 0.366. The van der Waals surface area contributed by atoms with E-state index in [1.54, 1.807) is 0 Å². The molecule has 0 aliphatic carbocycles. The van der Waals surface area contributed by atoms with Crippen LogP contribution in [0.4, 0.5) is 0 Å². The molecule has 0 N–H and O–H groups in total. The molecule has 56 valence electrons. The SMILES string of the molecule is O=P([O-])([O-])OP(=O)([O-])[O-].[Sn+4].[Zn+2]. The molecule has 0 aliphatic heterocycles. The predicted molar refractivity (Wildman–Crippen MR) is 22.1 cm³/mol. The van der Waals surface area contributed by atoms with Crippen LogP contribution in [-0.2, 0) is 32.9 Å². The van der Waals surface area contributed by atoms with Crippen molar-refractivity contribution in [2.45, 2.75) is 0 Å². The molecule has 0 heterocycles. The van der Waals surface area contributed by atoms with E-state index < -0.39 is 15.6 Å². The molecule has 0 radical (unpaired) electrons. The van der Waals surface area contributed by atoms with E-state index in [9.17, 15) is 28.7 Å². The van der Waals surface area contributed by atoms with Crippen LogP contribution in [0.1, 0.15) is 0 Å². The van der Waals surface area contributed by atoms with Crippen LogP contribution in [0, 0.1) is 0 Å². The Labute approximate surface area is 91.7 Å². The maximum absolute atomic E-state index is 9.32. The van der Waals surface area contributed by atoms with Gasteiger partial charge in [0, 0.05) is 0 Å². The predicted octanol–water partition coefficient (Wildman–Crippen LogP) is -3.72. The van der Waals surface area contributed by atoms with Crippen LogP contribution in [-0.4, -0.2) is 23.9 Å². The van der Waals surface area contributed by atoms with Gasteiger partial charge >= 0.3 is 43.4 Å². The van der Waals surface area contributed by atoms with Gasteiger partial charge in [0.1, 0.15) is 0 Å². The fourth-order valence-electron chi connectivity index (χ4n) is 0.122. The number of hydrogen-bond donors (Lipinski definition) is 0. The number of hydrogen-bond acceptors (Lipinski definition) is 7. The summed E-state index contributed by atoms with van der Waals surface area (Å²) in [5.41, 5.74) is 0. The molecule has 0 aromatic heterocycles. The first kappa shape index (κ1) is 18.5. The summed E-state index contributed by atoms with van der Waals surface area (Å²) in [6.07, 6.45) is 0. The Bertz CT molecular complexity index is 157. The first-order valence-corrected chi connectivity index (χ1v) is 4.38. The largest absolute Gasteiger partial charge is 4.00 e. The molecule has 0 aliphatic rings. The smallest absolute Gasteiger partial charge is 0.790 e. The van der Waals surface area contributed by atoms with Crippen LogP contribution in [0.15, 0.2) is 0 Å². The second-order valence-corrected chi connectivity index (χ2v) is 3.42. The summed E-state index contributed by atoms with van der Waals surface area (Å²) in [5.74, 6) is 0. The molecule has 0 aromatic rings. The van der Waals surface area contributed by atoms with Crippen molar-refractivity contribution in [1.29, 1.82) is 0 Å². The van der Waals surface area contributed by atoms with Gasteiger partial charge in [0.15, 0.2) is 0 Å². The van der Waals surface area contributed by atoms with Gasteiger partial charge in [0.25, 0.3) is 0 Å². The normalized spacial score (nSPS) is 11.3. The molecule has 7 nitrogen and oxygen atoms in total. The maximum atomic E-state index is 9.32. The zero-order chi connectivity index (χ0) is 7.71. The van der Waals surface area contributed by atoms with E-state index in [2.05, 4.69) is 4.31 Å². The average Bonchev–Trinajstić information content (AvgIpc) is 1.14.